The van der Waals surface area contributed by atoms with Gasteiger partial charge in [-0.25, -0.2) is 9.67 Å². The molecule has 0 saturated carbocycles. The predicted octanol–water partition coefficient (Wildman–Crippen LogP) is 2.13. The number of nitrogens with one attached hydrogen (secondary N) is 1. The predicted molar refractivity (Wildman–Crippen MR) is 102 cm³/mol. The van der Waals surface area contributed by atoms with Gasteiger partial charge in [-0.15, -0.1) is 0 Å². The minimum atomic E-state index is -0.404. The van der Waals surface area contributed by atoms with Gasteiger partial charge < -0.3 is 9.84 Å². The number of hydrogen-bond acceptors (Lipinski definition) is 6. The van der Waals surface area contributed by atoms with Gasteiger partial charge in [0.05, 0.1) is 11.9 Å². The summed E-state index contributed by atoms with van der Waals surface area (Å²) in [5, 5.41) is 10.9. The van der Waals surface area contributed by atoms with Crippen LogP contribution in [0.25, 0.3) is 16.7 Å². The van der Waals surface area contributed by atoms with Crippen LogP contribution in [0.1, 0.15) is 16.9 Å². The average molecular weight is 378 g/mol. The topological polar surface area (TPSA) is 108 Å². The van der Waals surface area contributed by atoms with Crippen molar-refractivity contribution in [2.24, 2.45) is 0 Å². The van der Waals surface area contributed by atoms with E-state index in [0.717, 1.165) is 16.8 Å². The quantitative estimate of drug-likeness (QED) is 0.583. The molecule has 0 fully saturated rings. The summed E-state index contributed by atoms with van der Waals surface area (Å²) in [6, 6.07) is 7.60. The number of fused-ring (bicyclic) bond motifs is 1. The molecule has 0 saturated heterocycles. The Morgan fingerprint density at radius 2 is 1.89 bits per heavy atom. The van der Waals surface area contributed by atoms with Crippen LogP contribution in [-0.2, 0) is 11.3 Å². The minimum Gasteiger partial charge on any atom is -0.360 e. The molecular formula is C19H18N6O3. The minimum absolute atomic E-state index is 0.192. The molecule has 1 amide bonds. The zero-order chi connectivity index (χ0) is 19.8. The lowest BCUT2D eigenvalue weighted by Crippen LogP contribution is -2.27. The zero-order valence-electron chi connectivity index (χ0n) is 15.6. The molecule has 4 aromatic rings. The van der Waals surface area contributed by atoms with Crippen molar-refractivity contribution in [3.05, 3.63) is 64.0 Å². The van der Waals surface area contributed by atoms with Gasteiger partial charge in [0.2, 0.25) is 5.91 Å². The first-order valence-electron chi connectivity index (χ1n) is 8.66. The van der Waals surface area contributed by atoms with Crippen molar-refractivity contribution in [2.45, 2.75) is 27.3 Å². The van der Waals surface area contributed by atoms with Crippen molar-refractivity contribution < 1.29 is 9.32 Å². The first kappa shape index (κ1) is 17.7. The largest absolute Gasteiger partial charge is 0.360 e. The number of hydrogen-bond donors (Lipinski definition) is 1. The molecule has 0 aliphatic carbocycles. The molecule has 0 atom stereocenters. The maximum absolute atomic E-state index is 12.8. The highest BCUT2D eigenvalue weighted by atomic mass is 16.5. The molecule has 3 aromatic heterocycles. The fourth-order valence-electron chi connectivity index (χ4n) is 3.09. The van der Waals surface area contributed by atoms with Crippen molar-refractivity contribution in [2.75, 3.05) is 5.32 Å². The van der Waals surface area contributed by atoms with Gasteiger partial charge in [0.1, 0.15) is 24.0 Å². The second kappa shape index (κ2) is 6.76. The van der Waals surface area contributed by atoms with E-state index in [4.69, 9.17) is 4.52 Å². The highest BCUT2D eigenvalue weighted by molar-refractivity contribution is 5.89. The van der Waals surface area contributed by atoms with Gasteiger partial charge in [0.15, 0.2) is 11.5 Å². The SMILES string of the molecule is Cc1cc(C)cc(-n2ncc3c(=O)n(CC(=O)Nc4cc(C)on4)cnc32)c1. The van der Waals surface area contributed by atoms with Gasteiger partial charge in [-0.2, -0.15) is 5.10 Å². The molecule has 142 valence electrons. The number of carbonyl (C=O) groups is 1. The molecule has 0 aliphatic heterocycles. The van der Waals surface area contributed by atoms with E-state index in [9.17, 15) is 9.59 Å². The number of benzene rings is 1. The Bertz CT molecular complexity index is 1230. The summed E-state index contributed by atoms with van der Waals surface area (Å²) in [6.45, 7) is 5.52. The van der Waals surface area contributed by atoms with Crippen LogP contribution in [0, 0.1) is 20.8 Å². The summed E-state index contributed by atoms with van der Waals surface area (Å²) in [5.41, 5.74) is 3.11. The van der Waals surface area contributed by atoms with Gasteiger partial charge >= 0.3 is 0 Å². The van der Waals surface area contributed by atoms with E-state index in [1.165, 1.54) is 17.1 Å². The van der Waals surface area contributed by atoms with Crippen molar-refractivity contribution in [3.8, 4) is 5.69 Å². The van der Waals surface area contributed by atoms with Gasteiger partial charge in [-0.1, -0.05) is 11.2 Å². The molecule has 0 unspecified atom stereocenters. The summed E-state index contributed by atoms with van der Waals surface area (Å²) < 4.78 is 7.76. The maximum atomic E-state index is 12.8. The Morgan fingerprint density at radius 1 is 1.14 bits per heavy atom. The average Bonchev–Trinajstić information content (AvgIpc) is 3.23. The van der Waals surface area contributed by atoms with Gasteiger partial charge in [-0.05, 0) is 44.0 Å². The van der Waals surface area contributed by atoms with E-state index < -0.39 is 5.91 Å². The third-order valence-electron chi connectivity index (χ3n) is 4.21. The molecule has 4 rings (SSSR count). The van der Waals surface area contributed by atoms with Crippen molar-refractivity contribution in [3.63, 3.8) is 0 Å². The van der Waals surface area contributed by atoms with E-state index in [-0.39, 0.29) is 12.1 Å². The fourth-order valence-corrected chi connectivity index (χ4v) is 3.09. The van der Waals surface area contributed by atoms with E-state index in [0.29, 0.717) is 22.6 Å². The summed E-state index contributed by atoms with van der Waals surface area (Å²) in [5.74, 6) is 0.472. The molecule has 28 heavy (non-hydrogen) atoms. The molecule has 0 bridgehead atoms. The van der Waals surface area contributed by atoms with Crippen molar-refractivity contribution >= 4 is 22.8 Å². The molecule has 0 aliphatic rings. The standard InChI is InChI=1S/C19H18N6O3/c1-11-4-12(2)6-14(5-11)25-18-15(8-21-25)19(27)24(10-20-18)9-17(26)22-16-7-13(3)28-23-16/h4-8,10H,9H2,1-3H3,(H,22,23,26). The van der Waals surface area contributed by atoms with Crippen LogP contribution in [0.3, 0.4) is 0 Å². The lowest BCUT2D eigenvalue weighted by Gasteiger charge is -2.07. The molecule has 9 nitrogen and oxygen atoms in total. The van der Waals surface area contributed by atoms with Crippen LogP contribution in [0.2, 0.25) is 0 Å². The summed E-state index contributed by atoms with van der Waals surface area (Å²) in [6.07, 6.45) is 2.82. The molecule has 9 heteroatoms. The zero-order valence-corrected chi connectivity index (χ0v) is 15.6. The Kier molecular flexibility index (Phi) is 4.26. The first-order chi connectivity index (χ1) is 13.4. The first-order valence-corrected chi connectivity index (χ1v) is 8.66. The molecular weight excluding hydrogens is 360 g/mol. The summed E-state index contributed by atoms with van der Waals surface area (Å²) in [4.78, 5) is 29.3. The number of amides is 1. The number of carbonyl (C=O) groups excluding carboxylic acids is 1. The second-order valence-electron chi connectivity index (χ2n) is 6.69. The van der Waals surface area contributed by atoms with Crippen LogP contribution < -0.4 is 10.9 Å². The van der Waals surface area contributed by atoms with Crippen LogP contribution in [0.5, 0.6) is 0 Å². The highest BCUT2D eigenvalue weighted by Crippen LogP contribution is 2.17. The molecule has 0 spiro atoms. The van der Waals surface area contributed by atoms with Gasteiger partial charge in [0.25, 0.3) is 5.56 Å². The molecule has 3 heterocycles. The lowest BCUT2D eigenvalue weighted by molar-refractivity contribution is -0.116. The van der Waals surface area contributed by atoms with Crippen LogP contribution in [0.4, 0.5) is 5.82 Å². The third-order valence-corrected chi connectivity index (χ3v) is 4.21. The molecule has 1 N–H and O–H groups in total. The number of aromatic nitrogens is 5. The Hall–Kier alpha value is -3.75. The number of anilines is 1. The van der Waals surface area contributed by atoms with Crippen molar-refractivity contribution in [1.82, 2.24) is 24.5 Å². The smallest absolute Gasteiger partial charge is 0.264 e. The van der Waals surface area contributed by atoms with Crippen molar-refractivity contribution in [1.29, 1.82) is 0 Å². The van der Waals surface area contributed by atoms with Crippen LogP contribution in [0.15, 0.2) is 46.1 Å². The highest BCUT2D eigenvalue weighted by Gasteiger charge is 2.14. The normalized spacial score (nSPS) is 11.1. The lowest BCUT2D eigenvalue weighted by atomic mass is 10.1. The third kappa shape index (κ3) is 3.29. The Morgan fingerprint density at radius 3 is 2.57 bits per heavy atom. The van der Waals surface area contributed by atoms with E-state index >= 15 is 0 Å². The fraction of sp³-hybridized carbons (Fsp3) is 0.211. The summed E-state index contributed by atoms with van der Waals surface area (Å²) in [7, 11) is 0. The van der Waals surface area contributed by atoms with E-state index in [1.807, 2.05) is 26.0 Å². The van der Waals surface area contributed by atoms with Crippen LogP contribution >= 0.6 is 0 Å². The number of nitrogens with zero attached hydrogens (tertiary/aromatic N) is 5. The van der Waals surface area contributed by atoms with E-state index in [1.54, 1.807) is 17.7 Å². The van der Waals surface area contributed by atoms with Gasteiger partial charge in [-0.3, -0.25) is 14.2 Å². The number of rotatable bonds is 4. The monoisotopic (exact) mass is 378 g/mol. The van der Waals surface area contributed by atoms with E-state index in [2.05, 4.69) is 26.6 Å². The second-order valence-corrected chi connectivity index (χ2v) is 6.69. The summed E-state index contributed by atoms with van der Waals surface area (Å²) >= 11 is 0. The number of aryl methyl sites for hydroxylation is 3. The maximum Gasteiger partial charge on any atom is 0.264 e. The molecule has 1 aromatic carbocycles. The Balaban J connectivity index is 1.64. The Labute approximate surface area is 159 Å². The van der Waals surface area contributed by atoms with Crippen LogP contribution in [-0.4, -0.2) is 30.4 Å². The molecule has 0 radical (unpaired) electrons. The van der Waals surface area contributed by atoms with Gasteiger partial charge in [0, 0.05) is 6.07 Å².